The van der Waals surface area contributed by atoms with Crippen molar-refractivity contribution >= 4 is 12.0 Å². The van der Waals surface area contributed by atoms with E-state index in [9.17, 15) is 9.59 Å². The largest absolute Gasteiger partial charge is 0.462 e. The molecule has 2 rings (SSSR count). The SMILES string of the molecule is CCOC(=O)/C(C#N)=C/c1cc(=O)[nH]nc1-c1ccccc1. The summed E-state index contributed by atoms with van der Waals surface area (Å²) < 4.78 is 4.81. The van der Waals surface area contributed by atoms with Crippen LogP contribution < -0.4 is 5.56 Å². The van der Waals surface area contributed by atoms with E-state index in [1.54, 1.807) is 13.0 Å². The van der Waals surface area contributed by atoms with Gasteiger partial charge in [-0.25, -0.2) is 9.89 Å². The van der Waals surface area contributed by atoms with E-state index in [0.29, 0.717) is 11.3 Å². The molecule has 22 heavy (non-hydrogen) atoms. The first-order valence-corrected chi connectivity index (χ1v) is 6.59. The standard InChI is InChI=1S/C16H13N3O3/c1-2-22-16(21)13(10-17)8-12-9-14(20)18-19-15(12)11-6-4-3-5-7-11/h3-9H,2H2,1H3,(H,18,20)/b13-8+. The normalized spacial score (nSPS) is 10.8. The highest BCUT2D eigenvalue weighted by atomic mass is 16.5. The van der Waals surface area contributed by atoms with Crippen LogP contribution in [0.5, 0.6) is 0 Å². The van der Waals surface area contributed by atoms with Crippen LogP contribution in [0, 0.1) is 11.3 Å². The van der Waals surface area contributed by atoms with Gasteiger partial charge in [-0.3, -0.25) is 4.79 Å². The Bertz CT molecular complexity index is 801. The first kappa shape index (κ1) is 15.2. The summed E-state index contributed by atoms with van der Waals surface area (Å²) >= 11 is 0. The maximum Gasteiger partial charge on any atom is 0.348 e. The fourth-order valence-corrected chi connectivity index (χ4v) is 1.86. The number of esters is 1. The minimum Gasteiger partial charge on any atom is -0.462 e. The van der Waals surface area contributed by atoms with Gasteiger partial charge in [-0.05, 0) is 13.0 Å². The minimum absolute atomic E-state index is 0.164. The van der Waals surface area contributed by atoms with Gasteiger partial charge in [0.05, 0.1) is 12.3 Å². The minimum atomic E-state index is -0.732. The zero-order valence-corrected chi connectivity index (χ0v) is 11.9. The molecule has 1 N–H and O–H groups in total. The Hall–Kier alpha value is -3.20. The number of nitrogens with zero attached hydrogens (tertiary/aromatic N) is 2. The van der Waals surface area contributed by atoms with Crippen molar-refractivity contribution in [2.24, 2.45) is 0 Å². The number of nitrogens with one attached hydrogen (secondary N) is 1. The molecule has 0 aliphatic carbocycles. The monoisotopic (exact) mass is 295 g/mol. The summed E-state index contributed by atoms with van der Waals surface area (Å²) in [4.78, 5) is 23.2. The van der Waals surface area contributed by atoms with Gasteiger partial charge in [0.1, 0.15) is 11.6 Å². The van der Waals surface area contributed by atoms with Crippen molar-refractivity contribution in [1.29, 1.82) is 5.26 Å². The van der Waals surface area contributed by atoms with E-state index in [1.807, 2.05) is 30.3 Å². The van der Waals surface area contributed by atoms with Crippen molar-refractivity contribution < 1.29 is 9.53 Å². The predicted molar refractivity (Wildman–Crippen MR) is 80.5 cm³/mol. The summed E-state index contributed by atoms with van der Waals surface area (Å²) in [7, 11) is 0. The first-order chi connectivity index (χ1) is 10.7. The lowest BCUT2D eigenvalue weighted by molar-refractivity contribution is -0.137. The second-order valence-corrected chi connectivity index (χ2v) is 4.29. The maximum absolute atomic E-state index is 11.7. The van der Waals surface area contributed by atoms with E-state index in [-0.39, 0.29) is 12.2 Å². The number of carbonyl (C=O) groups is 1. The molecular weight excluding hydrogens is 282 g/mol. The molecule has 0 spiro atoms. The number of rotatable bonds is 4. The number of carbonyl (C=O) groups excluding carboxylic acids is 1. The summed E-state index contributed by atoms with van der Waals surface area (Å²) in [5.41, 5.74) is 0.987. The zero-order valence-electron chi connectivity index (χ0n) is 11.9. The van der Waals surface area contributed by atoms with Crippen LogP contribution in [0.25, 0.3) is 17.3 Å². The molecule has 1 aromatic carbocycles. The van der Waals surface area contributed by atoms with E-state index in [1.165, 1.54) is 12.1 Å². The Kier molecular flexibility index (Phi) is 4.83. The van der Waals surface area contributed by atoms with Crippen LogP contribution in [0.2, 0.25) is 0 Å². The highest BCUT2D eigenvalue weighted by Crippen LogP contribution is 2.21. The summed E-state index contributed by atoms with van der Waals surface area (Å²) in [5, 5.41) is 15.4. The summed E-state index contributed by atoms with van der Waals surface area (Å²) in [6.07, 6.45) is 1.31. The molecule has 0 amide bonds. The average Bonchev–Trinajstić information content (AvgIpc) is 2.53. The lowest BCUT2D eigenvalue weighted by atomic mass is 10.0. The zero-order chi connectivity index (χ0) is 15.9. The Morgan fingerprint density at radius 2 is 2.14 bits per heavy atom. The summed E-state index contributed by atoms with van der Waals surface area (Å²) in [6.45, 7) is 1.81. The molecule has 6 nitrogen and oxygen atoms in total. The summed E-state index contributed by atoms with van der Waals surface area (Å²) in [6, 6.07) is 12.2. The van der Waals surface area contributed by atoms with E-state index >= 15 is 0 Å². The van der Waals surface area contributed by atoms with Crippen LogP contribution >= 0.6 is 0 Å². The smallest absolute Gasteiger partial charge is 0.348 e. The highest BCUT2D eigenvalue weighted by Gasteiger charge is 2.13. The van der Waals surface area contributed by atoms with Gasteiger partial charge in [-0.2, -0.15) is 10.4 Å². The molecule has 0 aliphatic rings. The van der Waals surface area contributed by atoms with E-state index in [4.69, 9.17) is 10.00 Å². The fourth-order valence-electron chi connectivity index (χ4n) is 1.86. The van der Waals surface area contributed by atoms with Crippen molar-refractivity contribution in [1.82, 2.24) is 10.2 Å². The third kappa shape index (κ3) is 3.46. The molecular formula is C16H13N3O3. The first-order valence-electron chi connectivity index (χ1n) is 6.59. The Morgan fingerprint density at radius 3 is 2.77 bits per heavy atom. The lowest BCUT2D eigenvalue weighted by Gasteiger charge is -2.05. The Morgan fingerprint density at radius 1 is 1.41 bits per heavy atom. The third-order valence-electron chi connectivity index (χ3n) is 2.80. The van der Waals surface area contributed by atoms with Gasteiger partial charge in [0.2, 0.25) is 0 Å². The number of nitriles is 1. The predicted octanol–water partition coefficient (Wildman–Crippen LogP) is 1.91. The molecule has 1 heterocycles. The van der Waals surface area contributed by atoms with Crippen LogP contribution in [0.4, 0.5) is 0 Å². The molecule has 2 aromatic rings. The number of hydrogen-bond donors (Lipinski definition) is 1. The van der Waals surface area contributed by atoms with Crippen molar-refractivity contribution in [2.45, 2.75) is 6.92 Å². The Labute approximate surface area is 126 Å². The van der Waals surface area contributed by atoms with Crippen LogP contribution in [-0.2, 0) is 9.53 Å². The van der Waals surface area contributed by atoms with Gasteiger partial charge in [0.15, 0.2) is 0 Å². The van der Waals surface area contributed by atoms with Gasteiger partial charge in [0, 0.05) is 17.2 Å². The average molecular weight is 295 g/mol. The molecule has 0 radical (unpaired) electrons. The van der Waals surface area contributed by atoms with Gasteiger partial charge in [-0.1, -0.05) is 30.3 Å². The highest BCUT2D eigenvalue weighted by molar-refractivity contribution is 5.98. The van der Waals surface area contributed by atoms with Crippen LogP contribution in [0.3, 0.4) is 0 Å². The molecule has 0 fully saturated rings. The number of aromatic nitrogens is 2. The Balaban J connectivity index is 2.55. The molecule has 0 unspecified atom stereocenters. The van der Waals surface area contributed by atoms with E-state index in [0.717, 1.165) is 5.56 Å². The van der Waals surface area contributed by atoms with Crippen molar-refractivity contribution in [3.8, 4) is 17.3 Å². The van der Waals surface area contributed by atoms with Gasteiger partial charge >= 0.3 is 5.97 Å². The van der Waals surface area contributed by atoms with Gasteiger partial charge in [-0.15, -0.1) is 0 Å². The van der Waals surface area contributed by atoms with Crippen molar-refractivity contribution in [3.63, 3.8) is 0 Å². The number of aromatic amines is 1. The van der Waals surface area contributed by atoms with Crippen LogP contribution in [-0.4, -0.2) is 22.8 Å². The van der Waals surface area contributed by atoms with Crippen molar-refractivity contribution in [2.75, 3.05) is 6.61 Å². The number of ether oxygens (including phenoxy) is 1. The summed E-state index contributed by atoms with van der Waals surface area (Å²) in [5.74, 6) is -0.732. The molecule has 6 heteroatoms. The quantitative estimate of drug-likeness (QED) is 0.528. The molecule has 0 atom stereocenters. The molecule has 1 aromatic heterocycles. The lowest BCUT2D eigenvalue weighted by Crippen LogP contribution is -2.10. The topological polar surface area (TPSA) is 95.8 Å². The molecule has 110 valence electrons. The van der Waals surface area contributed by atoms with Crippen LogP contribution in [0.15, 0.2) is 46.8 Å². The second-order valence-electron chi connectivity index (χ2n) is 4.29. The van der Waals surface area contributed by atoms with E-state index in [2.05, 4.69) is 10.2 Å². The maximum atomic E-state index is 11.7. The van der Waals surface area contributed by atoms with Gasteiger partial charge < -0.3 is 4.74 Å². The van der Waals surface area contributed by atoms with Gasteiger partial charge in [0.25, 0.3) is 5.56 Å². The van der Waals surface area contributed by atoms with Crippen molar-refractivity contribution in [3.05, 3.63) is 57.9 Å². The molecule has 0 saturated carbocycles. The number of H-pyrrole nitrogens is 1. The second kappa shape index (κ2) is 6.99. The molecule has 0 saturated heterocycles. The third-order valence-corrected chi connectivity index (χ3v) is 2.80. The van der Waals surface area contributed by atoms with Crippen LogP contribution in [0.1, 0.15) is 12.5 Å². The van der Waals surface area contributed by atoms with E-state index < -0.39 is 11.5 Å². The molecule has 0 aliphatic heterocycles. The molecule has 0 bridgehead atoms. The fraction of sp³-hybridized carbons (Fsp3) is 0.125. The number of hydrogen-bond acceptors (Lipinski definition) is 5. The number of benzene rings is 1.